The quantitative estimate of drug-likeness (QED) is 0.930. The highest BCUT2D eigenvalue weighted by atomic mass is 16.2. The fourth-order valence-electron chi connectivity index (χ4n) is 3.87. The molecule has 2 heterocycles. The van der Waals surface area contributed by atoms with Gasteiger partial charge in [0, 0.05) is 13.1 Å². The molecule has 0 unspecified atom stereocenters. The molecule has 2 aromatic rings. The second-order valence-electron chi connectivity index (χ2n) is 7.12. The van der Waals surface area contributed by atoms with Crippen molar-refractivity contribution in [1.29, 1.82) is 0 Å². The first-order chi connectivity index (χ1) is 12.3. The second kappa shape index (κ2) is 7.25. The molecule has 132 valence electrons. The maximum absolute atomic E-state index is 12.8. The number of hydrogen-bond donors (Lipinski definition) is 1. The summed E-state index contributed by atoms with van der Waals surface area (Å²) >= 11 is 0. The molecule has 1 aromatic carbocycles. The van der Waals surface area contributed by atoms with Crippen LogP contribution in [0.3, 0.4) is 0 Å². The first kappa shape index (κ1) is 16.1. The number of likely N-dealkylation sites (tertiary alicyclic amines) is 1. The third-order valence-corrected chi connectivity index (χ3v) is 5.62. The van der Waals surface area contributed by atoms with Crippen LogP contribution in [0.5, 0.6) is 0 Å². The maximum atomic E-state index is 12.8. The summed E-state index contributed by atoms with van der Waals surface area (Å²) in [7, 11) is 0. The molecular weight excluding hydrogens is 314 g/mol. The number of nitrogens with one attached hydrogen (secondary N) is 1. The van der Waals surface area contributed by atoms with E-state index in [0.29, 0.717) is 12.0 Å². The van der Waals surface area contributed by atoms with Crippen LogP contribution in [-0.4, -0.2) is 38.8 Å². The summed E-state index contributed by atoms with van der Waals surface area (Å²) in [6.07, 6.45) is 8.87. The Bertz CT molecular complexity index is 675. The number of carbonyl (C=O) groups excluding carboxylic acids is 1. The molecule has 2 fully saturated rings. The van der Waals surface area contributed by atoms with E-state index >= 15 is 0 Å². The minimum atomic E-state index is 0.0674. The molecule has 1 saturated carbocycles. The van der Waals surface area contributed by atoms with Crippen molar-refractivity contribution >= 4 is 6.03 Å². The molecule has 1 saturated heterocycles. The molecule has 2 amide bonds. The van der Waals surface area contributed by atoms with Crippen molar-refractivity contribution < 1.29 is 4.79 Å². The van der Waals surface area contributed by atoms with Gasteiger partial charge in [-0.3, -0.25) is 0 Å². The predicted molar refractivity (Wildman–Crippen MR) is 94.9 cm³/mol. The average molecular weight is 339 g/mol. The Morgan fingerprint density at radius 2 is 1.88 bits per heavy atom. The van der Waals surface area contributed by atoms with E-state index in [-0.39, 0.29) is 12.1 Å². The molecule has 1 aliphatic carbocycles. The van der Waals surface area contributed by atoms with Crippen molar-refractivity contribution in [3.05, 3.63) is 48.5 Å². The molecule has 1 aromatic heterocycles. The van der Waals surface area contributed by atoms with Gasteiger partial charge in [-0.1, -0.05) is 36.8 Å². The summed E-state index contributed by atoms with van der Waals surface area (Å²) < 4.78 is 1.91. The van der Waals surface area contributed by atoms with E-state index in [1.165, 1.54) is 24.8 Å². The average Bonchev–Trinajstić information content (AvgIpc) is 3.15. The summed E-state index contributed by atoms with van der Waals surface area (Å²) in [5, 5.41) is 7.53. The van der Waals surface area contributed by atoms with E-state index in [1.54, 1.807) is 12.7 Å². The van der Waals surface area contributed by atoms with Crippen LogP contribution in [0.1, 0.15) is 49.8 Å². The number of benzene rings is 1. The van der Waals surface area contributed by atoms with Crippen LogP contribution < -0.4 is 5.32 Å². The highest BCUT2D eigenvalue weighted by molar-refractivity contribution is 5.75. The van der Waals surface area contributed by atoms with Gasteiger partial charge in [0.05, 0.1) is 12.1 Å². The molecule has 25 heavy (non-hydrogen) atoms. The van der Waals surface area contributed by atoms with Crippen LogP contribution >= 0.6 is 0 Å². The van der Waals surface area contributed by atoms with E-state index in [0.717, 1.165) is 25.9 Å². The lowest BCUT2D eigenvalue weighted by Gasteiger charge is -2.37. The molecule has 0 spiro atoms. The molecule has 1 aliphatic heterocycles. The minimum absolute atomic E-state index is 0.0674. The van der Waals surface area contributed by atoms with Crippen LogP contribution in [0.4, 0.5) is 4.79 Å². The number of hydrogen-bond acceptors (Lipinski definition) is 3. The van der Waals surface area contributed by atoms with Gasteiger partial charge in [-0.25, -0.2) is 14.5 Å². The third-order valence-electron chi connectivity index (χ3n) is 5.62. The lowest BCUT2D eigenvalue weighted by molar-refractivity contribution is 0.153. The zero-order valence-electron chi connectivity index (χ0n) is 14.4. The summed E-state index contributed by atoms with van der Waals surface area (Å²) in [6, 6.07) is 10.9. The van der Waals surface area contributed by atoms with E-state index in [1.807, 2.05) is 15.6 Å². The van der Waals surface area contributed by atoms with Gasteiger partial charge in [0.25, 0.3) is 0 Å². The van der Waals surface area contributed by atoms with E-state index < -0.39 is 0 Å². The molecule has 0 radical (unpaired) electrons. The monoisotopic (exact) mass is 339 g/mol. The van der Waals surface area contributed by atoms with Crippen molar-refractivity contribution in [3.63, 3.8) is 0 Å². The van der Waals surface area contributed by atoms with Crippen LogP contribution in [0, 0.1) is 5.92 Å². The van der Waals surface area contributed by atoms with Crippen molar-refractivity contribution in [2.75, 3.05) is 13.1 Å². The van der Waals surface area contributed by atoms with E-state index in [9.17, 15) is 4.79 Å². The van der Waals surface area contributed by atoms with Crippen molar-refractivity contribution in [2.24, 2.45) is 5.92 Å². The van der Waals surface area contributed by atoms with Gasteiger partial charge >= 0.3 is 6.03 Å². The van der Waals surface area contributed by atoms with E-state index in [2.05, 4.69) is 39.7 Å². The summed E-state index contributed by atoms with van der Waals surface area (Å²) in [4.78, 5) is 18.8. The highest BCUT2D eigenvalue weighted by Crippen LogP contribution is 2.37. The fraction of sp³-hybridized carbons (Fsp3) is 0.526. The zero-order chi connectivity index (χ0) is 17.1. The van der Waals surface area contributed by atoms with Crippen LogP contribution in [0.2, 0.25) is 0 Å². The number of rotatable bonds is 4. The number of piperidine rings is 1. The Hall–Kier alpha value is -2.37. The molecule has 0 bridgehead atoms. The molecule has 4 rings (SSSR count). The Kier molecular flexibility index (Phi) is 4.68. The topological polar surface area (TPSA) is 63.1 Å². The Labute approximate surface area is 148 Å². The number of aromatic nitrogens is 3. The van der Waals surface area contributed by atoms with Gasteiger partial charge in [-0.05, 0) is 37.2 Å². The first-order valence-electron chi connectivity index (χ1n) is 9.26. The van der Waals surface area contributed by atoms with Crippen molar-refractivity contribution in [2.45, 2.75) is 44.2 Å². The normalized spacial score (nSPS) is 20.1. The van der Waals surface area contributed by atoms with Crippen LogP contribution in [-0.2, 0) is 0 Å². The second-order valence-corrected chi connectivity index (χ2v) is 7.12. The predicted octanol–water partition coefficient (Wildman–Crippen LogP) is 3.17. The number of amides is 2. The Morgan fingerprint density at radius 3 is 2.48 bits per heavy atom. The molecule has 2 aliphatic rings. The van der Waals surface area contributed by atoms with Crippen molar-refractivity contribution in [3.8, 4) is 0 Å². The Morgan fingerprint density at radius 1 is 1.12 bits per heavy atom. The largest absolute Gasteiger partial charge is 0.331 e. The molecule has 1 atom stereocenters. The third kappa shape index (κ3) is 3.52. The van der Waals surface area contributed by atoms with Gasteiger partial charge in [0.2, 0.25) is 0 Å². The lowest BCUT2D eigenvalue weighted by atomic mass is 9.77. The van der Waals surface area contributed by atoms with Crippen molar-refractivity contribution in [1.82, 2.24) is 25.0 Å². The summed E-state index contributed by atoms with van der Waals surface area (Å²) in [6.45, 7) is 1.53. The molecule has 1 N–H and O–H groups in total. The highest BCUT2D eigenvalue weighted by Gasteiger charge is 2.32. The number of carbonyl (C=O) groups is 1. The SMILES string of the molecule is O=C(N[C@@H](c1ccccc1)C1CCC1)N1CCC(n2cncn2)CC1. The lowest BCUT2D eigenvalue weighted by Crippen LogP contribution is -2.47. The van der Waals surface area contributed by atoms with Gasteiger partial charge in [-0.15, -0.1) is 0 Å². The summed E-state index contributed by atoms with van der Waals surface area (Å²) in [5.74, 6) is 0.569. The van der Waals surface area contributed by atoms with E-state index in [4.69, 9.17) is 0 Å². The molecular formula is C19H25N5O. The van der Waals surface area contributed by atoms with Gasteiger partial charge < -0.3 is 10.2 Å². The number of urea groups is 1. The molecule has 6 nitrogen and oxygen atoms in total. The number of nitrogens with zero attached hydrogens (tertiary/aromatic N) is 4. The van der Waals surface area contributed by atoms with Crippen LogP contribution in [0.15, 0.2) is 43.0 Å². The first-order valence-corrected chi connectivity index (χ1v) is 9.26. The van der Waals surface area contributed by atoms with Crippen LogP contribution in [0.25, 0.3) is 0 Å². The smallest absolute Gasteiger partial charge is 0.317 e. The van der Waals surface area contributed by atoms with Gasteiger partial charge in [-0.2, -0.15) is 5.10 Å². The minimum Gasteiger partial charge on any atom is -0.331 e. The van der Waals surface area contributed by atoms with Gasteiger partial charge in [0.1, 0.15) is 12.7 Å². The maximum Gasteiger partial charge on any atom is 0.317 e. The standard InChI is InChI=1S/C19H25N5O/c25-19(23-11-9-17(10-12-23)24-14-20-13-21-24)22-18(16-7-4-8-16)15-5-2-1-3-6-15/h1-3,5-6,13-14,16-18H,4,7-12H2,(H,22,25)/t18-/m0/s1. The zero-order valence-corrected chi connectivity index (χ0v) is 14.4. The van der Waals surface area contributed by atoms with Gasteiger partial charge in [0.15, 0.2) is 0 Å². The summed E-state index contributed by atoms with van der Waals surface area (Å²) in [5.41, 5.74) is 1.22. The Balaban J connectivity index is 1.37. The molecule has 6 heteroatoms. The fourth-order valence-corrected chi connectivity index (χ4v) is 3.87.